The molecule has 1 rings (SSSR count). The van der Waals surface area contributed by atoms with Crippen LogP contribution in [0.25, 0.3) is 0 Å². The number of hydrogen-bond acceptors (Lipinski definition) is 4. The Labute approximate surface area is 164 Å². The molecule has 0 heterocycles. The zero-order chi connectivity index (χ0) is 20.8. The SMILES string of the molecule is O=C(O)CCCCCNC(=O)c1cccc(C(=O)NCCCCCC(=O)O)c1. The normalized spacial score (nSPS) is 10.3. The van der Waals surface area contributed by atoms with E-state index in [0.29, 0.717) is 49.9 Å². The second-order valence-electron chi connectivity index (χ2n) is 6.50. The van der Waals surface area contributed by atoms with Crippen molar-refractivity contribution in [3.8, 4) is 0 Å². The largest absolute Gasteiger partial charge is 0.481 e. The Hall–Kier alpha value is -2.90. The van der Waals surface area contributed by atoms with Crippen LogP contribution in [0.2, 0.25) is 0 Å². The summed E-state index contributed by atoms with van der Waals surface area (Å²) in [4.78, 5) is 45.2. The zero-order valence-electron chi connectivity index (χ0n) is 15.9. The van der Waals surface area contributed by atoms with Crippen LogP contribution in [0.4, 0.5) is 0 Å². The van der Waals surface area contributed by atoms with Crippen molar-refractivity contribution in [2.24, 2.45) is 0 Å². The van der Waals surface area contributed by atoms with Gasteiger partial charge in [0, 0.05) is 37.1 Å². The number of hydrogen-bond donors (Lipinski definition) is 4. The fraction of sp³-hybridized carbons (Fsp3) is 0.500. The maximum atomic E-state index is 12.2. The molecule has 0 atom stereocenters. The van der Waals surface area contributed by atoms with Crippen LogP contribution in [0.5, 0.6) is 0 Å². The lowest BCUT2D eigenvalue weighted by Gasteiger charge is -2.08. The Kier molecular flexibility index (Phi) is 11.0. The third kappa shape index (κ3) is 10.3. The maximum Gasteiger partial charge on any atom is 0.303 e. The number of carboxylic acids is 2. The molecule has 0 radical (unpaired) electrons. The van der Waals surface area contributed by atoms with Crippen LogP contribution in [-0.2, 0) is 9.59 Å². The van der Waals surface area contributed by atoms with Gasteiger partial charge in [-0.2, -0.15) is 0 Å². The van der Waals surface area contributed by atoms with E-state index >= 15 is 0 Å². The fourth-order valence-electron chi connectivity index (χ4n) is 2.57. The Balaban J connectivity index is 2.33. The highest BCUT2D eigenvalue weighted by atomic mass is 16.4. The van der Waals surface area contributed by atoms with Crippen molar-refractivity contribution in [1.29, 1.82) is 0 Å². The number of unbranched alkanes of at least 4 members (excludes halogenated alkanes) is 4. The molecule has 154 valence electrons. The smallest absolute Gasteiger partial charge is 0.303 e. The van der Waals surface area contributed by atoms with Crippen molar-refractivity contribution >= 4 is 23.8 Å². The van der Waals surface area contributed by atoms with E-state index in [1.807, 2.05) is 0 Å². The Bertz CT molecular complexity index is 621. The summed E-state index contributed by atoms with van der Waals surface area (Å²) >= 11 is 0. The lowest BCUT2D eigenvalue weighted by molar-refractivity contribution is -0.138. The van der Waals surface area contributed by atoms with Gasteiger partial charge in [-0.25, -0.2) is 0 Å². The van der Waals surface area contributed by atoms with Crippen molar-refractivity contribution in [3.05, 3.63) is 35.4 Å². The number of aliphatic carboxylic acids is 2. The first-order valence-electron chi connectivity index (χ1n) is 9.50. The van der Waals surface area contributed by atoms with E-state index in [0.717, 1.165) is 12.8 Å². The number of carbonyl (C=O) groups is 4. The monoisotopic (exact) mass is 392 g/mol. The third-order valence-corrected chi connectivity index (χ3v) is 4.09. The molecule has 0 aliphatic rings. The zero-order valence-corrected chi connectivity index (χ0v) is 15.9. The first kappa shape index (κ1) is 23.1. The predicted octanol–water partition coefficient (Wildman–Crippen LogP) is 2.44. The Morgan fingerprint density at radius 1 is 0.679 bits per heavy atom. The Morgan fingerprint density at radius 2 is 1.11 bits per heavy atom. The summed E-state index contributed by atoms with van der Waals surface area (Å²) in [6, 6.07) is 6.42. The summed E-state index contributed by atoms with van der Waals surface area (Å²) in [7, 11) is 0. The molecule has 0 saturated heterocycles. The molecule has 8 nitrogen and oxygen atoms in total. The third-order valence-electron chi connectivity index (χ3n) is 4.09. The van der Waals surface area contributed by atoms with Gasteiger partial charge >= 0.3 is 11.9 Å². The summed E-state index contributed by atoms with van der Waals surface area (Å²) < 4.78 is 0. The molecule has 0 bridgehead atoms. The second kappa shape index (κ2) is 13.3. The highest BCUT2D eigenvalue weighted by molar-refractivity contribution is 5.99. The van der Waals surface area contributed by atoms with E-state index in [-0.39, 0.29) is 24.7 Å². The van der Waals surface area contributed by atoms with Crippen LogP contribution >= 0.6 is 0 Å². The molecule has 8 heteroatoms. The lowest BCUT2D eigenvalue weighted by atomic mass is 10.1. The number of rotatable bonds is 14. The number of benzene rings is 1. The molecule has 0 saturated carbocycles. The molecule has 0 fully saturated rings. The van der Waals surface area contributed by atoms with Gasteiger partial charge in [0.1, 0.15) is 0 Å². The molecule has 1 aromatic carbocycles. The van der Waals surface area contributed by atoms with Gasteiger partial charge in [-0.05, 0) is 43.9 Å². The minimum absolute atomic E-state index is 0.130. The first-order valence-corrected chi connectivity index (χ1v) is 9.50. The van der Waals surface area contributed by atoms with E-state index < -0.39 is 11.9 Å². The maximum absolute atomic E-state index is 12.2. The summed E-state index contributed by atoms with van der Waals surface area (Å²) in [5.41, 5.74) is 0.777. The van der Waals surface area contributed by atoms with Gasteiger partial charge in [-0.3, -0.25) is 19.2 Å². The van der Waals surface area contributed by atoms with E-state index in [4.69, 9.17) is 10.2 Å². The summed E-state index contributed by atoms with van der Waals surface area (Å²) in [5, 5.41) is 22.7. The van der Waals surface area contributed by atoms with Crippen molar-refractivity contribution < 1.29 is 29.4 Å². The van der Waals surface area contributed by atoms with E-state index in [2.05, 4.69) is 10.6 Å². The minimum atomic E-state index is -0.820. The first-order chi connectivity index (χ1) is 13.4. The van der Waals surface area contributed by atoms with Gasteiger partial charge in [-0.15, -0.1) is 0 Å². The second-order valence-corrected chi connectivity index (χ2v) is 6.50. The van der Waals surface area contributed by atoms with Crippen LogP contribution in [0, 0.1) is 0 Å². The molecule has 0 unspecified atom stereocenters. The summed E-state index contributed by atoms with van der Waals surface area (Å²) in [5.74, 6) is -2.19. The number of carbonyl (C=O) groups excluding carboxylic acids is 2. The number of nitrogens with one attached hydrogen (secondary N) is 2. The van der Waals surface area contributed by atoms with E-state index in [9.17, 15) is 19.2 Å². The Morgan fingerprint density at radius 3 is 1.50 bits per heavy atom. The van der Waals surface area contributed by atoms with Crippen molar-refractivity contribution in [3.63, 3.8) is 0 Å². The predicted molar refractivity (Wildman–Crippen MR) is 103 cm³/mol. The molecule has 0 aliphatic carbocycles. The van der Waals surface area contributed by atoms with Crippen molar-refractivity contribution in [2.45, 2.75) is 51.4 Å². The van der Waals surface area contributed by atoms with Gasteiger partial charge in [-0.1, -0.05) is 18.9 Å². The molecular formula is C20H28N2O6. The van der Waals surface area contributed by atoms with Crippen LogP contribution in [0.3, 0.4) is 0 Å². The van der Waals surface area contributed by atoms with Crippen LogP contribution in [-0.4, -0.2) is 47.1 Å². The standard InChI is InChI=1S/C20H28N2O6/c23-17(24)10-3-1-5-12-21-19(27)15-8-7-9-16(14-15)20(28)22-13-6-2-4-11-18(25)26/h7-9,14H,1-6,10-13H2,(H,21,27)(H,22,28)(H,23,24)(H,25,26). The minimum Gasteiger partial charge on any atom is -0.481 e. The van der Waals surface area contributed by atoms with E-state index in [1.165, 1.54) is 6.07 Å². The van der Waals surface area contributed by atoms with Crippen LogP contribution in [0.1, 0.15) is 72.1 Å². The van der Waals surface area contributed by atoms with Crippen molar-refractivity contribution in [2.75, 3.05) is 13.1 Å². The van der Waals surface area contributed by atoms with E-state index in [1.54, 1.807) is 18.2 Å². The average molecular weight is 392 g/mol. The lowest BCUT2D eigenvalue weighted by Crippen LogP contribution is -2.26. The quantitative estimate of drug-likeness (QED) is 0.359. The average Bonchev–Trinajstić information content (AvgIpc) is 2.66. The van der Waals surface area contributed by atoms with Gasteiger partial charge in [0.25, 0.3) is 11.8 Å². The summed E-state index contributed by atoms with van der Waals surface area (Å²) in [6.07, 6.45) is 4.26. The number of carboxylic acid groups (broad SMARTS) is 2. The molecular weight excluding hydrogens is 364 g/mol. The molecule has 0 aliphatic heterocycles. The van der Waals surface area contributed by atoms with Crippen LogP contribution < -0.4 is 10.6 Å². The highest BCUT2D eigenvalue weighted by Gasteiger charge is 2.10. The molecule has 2 amide bonds. The van der Waals surface area contributed by atoms with Crippen LogP contribution in [0.15, 0.2) is 24.3 Å². The van der Waals surface area contributed by atoms with Gasteiger partial charge in [0.2, 0.25) is 0 Å². The topological polar surface area (TPSA) is 133 Å². The number of amides is 2. The fourth-order valence-corrected chi connectivity index (χ4v) is 2.57. The van der Waals surface area contributed by atoms with Gasteiger partial charge in [0.05, 0.1) is 0 Å². The molecule has 4 N–H and O–H groups in total. The van der Waals surface area contributed by atoms with Crippen molar-refractivity contribution in [1.82, 2.24) is 10.6 Å². The van der Waals surface area contributed by atoms with Gasteiger partial charge in [0.15, 0.2) is 0 Å². The molecule has 0 aromatic heterocycles. The molecule has 28 heavy (non-hydrogen) atoms. The highest BCUT2D eigenvalue weighted by Crippen LogP contribution is 2.07. The van der Waals surface area contributed by atoms with Gasteiger partial charge < -0.3 is 20.8 Å². The molecule has 0 spiro atoms. The molecule has 1 aromatic rings. The summed E-state index contributed by atoms with van der Waals surface area (Å²) in [6.45, 7) is 0.899.